The molecule has 0 unspecified atom stereocenters. The first-order valence-corrected chi connectivity index (χ1v) is 9.68. The molecule has 0 spiro atoms. The lowest BCUT2D eigenvalue weighted by Crippen LogP contribution is -2.49. The Morgan fingerprint density at radius 1 is 1.27 bits per heavy atom. The van der Waals surface area contributed by atoms with Crippen molar-refractivity contribution in [3.05, 3.63) is 23.7 Å². The van der Waals surface area contributed by atoms with E-state index >= 15 is 0 Å². The number of furan rings is 1. The molecule has 3 atom stereocenters. The van der Waals surface area contributed by atoms with Crippen molar-refractivity contribution in [3.8, 4) is 0 Å². The highest BCUT2D eigenvalue weighted by Gasteiger charge is 2.42. The number of nitrogens with zero attached hydrogens (tertiary/aromatic N) is 1. The Morgan fingerprint density at radius 2 is 2.05 bits per heavy atom. The van der Waals surface area contributed by atoms with E-state index in [0.29, 0.717) is 25.0 Å². The highest BCUT2D eigenvalue weighted by Crippen LogP contribution is 2.31. The van der Waals surface area contributed by atoms with Gasteiger partial charge in [0.15, 0.2) is 0 Å². The van der Waals surface area contributed by atoms with Gasteiger partial charge in [-0.3, -0.25) is 4.90 Å². The van der Waals surface area contributed by atoms with Crippen LogP contribution >= 0.6 is 0 Å². The molecule has 1 aromatic heterocycles. The van der Waals surface area contributed by atoms with Crippen molar-refractivity contribution in [1.29, 1.82) is 0 Å². The summed E-state index contributed by atoms with van der Waals surface area (Å²) < 4.78 is 37.1. The van der Waals surface area contributed by atoms with Crippen molar-refractivity contribution in [2.75, 3.05) is 32.6 Å². The SMILES string of the molecule is CCc1ccc(CN2C[C@@H]3COC[C@H](NS(C)(=O)=O)[C@@H]3C2)o1. The van der Waals surface area contributed by atoms with Crippen LogP contribution in [0.3, 0.4) is 0 Å². The first-order valence-electron chi connectivity index (χ1n) is 7.79. The van der Waals surface area contributed by atoms with Gasteiger partial charge in [0, 0.05) is 31.5 Å². The van der Waals surface area contributed by atoms with Crippen molar-refractivity contribution in [3.63, 3.8) is 0 Å². The maximum atomic E-state index is 11.5. The van der Waals surface area contributed by atoms with E-state index in [9.17, 15) is 8.42 Å². The molecule has 7 heteroatoms. The molecule has 1 aromatic rings. The van der Waals surface area contributed by atoms with E-state index in [1.165, 1.54) is 6.26 Å². The largest absolute Gasteiger partial charge is 0.465 e. The number of nitrogens with one attached hydrogen (secondary N) is 1. The van der Waals surface area contributed by atoms with Gasteiger partial charge in [0.2, 0.25) is 10.0 Å². The van der Waals surface area contributed by atoms with E-state index in [0.717, 1.165) is 37.6 Å². The molecule has 0 radical (unpaired) electrons. The third kappa shape index (κ3) is 3.71. The molecule has 0 aromatic carbocycles. The normalized spacial score (nSPS) is 29.6. The van der Waals surface area contributed by atoms with Crippen molar-refractivity contribution in [2.45, 2.75) is 25.9 Å². The zero-order valence-electron chi connectivity index (χ0n) is 13.1. The van der Waals surface area contributed by atoms with E-state index in [1.807, 2.05) is 12.1 Å². The zero-order valence-corrected chi connectivity index (χ0v) is 13.9. The third-order valence-electron chi connectivity index (χ3n) is 4.52. The lowest BCUT2D eigenvalue weighted by Gasteiger charge is -2.32. The van der Waals surface area contributed by atoms with E-state index in [1.54, 1.807) is 0 Å². The van der Waals surface area contributed by atoms with Gasteiger partial charge in [-0.15, -0.1) is 0 Å². The Kier molecular flexibility index (Phi) is 4.59. The van der Waals surface area contributed by atoms with Crippen LogP contribution < -0.4 is 4.72 Å². The minimum Gasteiger partial charge on any atom is -0.465 e. The molecule has 124 valence electrons. The van der Waals surface area contributed by atoms with Gasteiger partial charge in [0.25, 0.3) is 0 Å². The van der Waals surface area contributed by atoms with Crippen LogP contribution in [0.5, 0.6) is 0 Å². The van der Waals surface area contributed by atoms with Gasteiger partial charge in [-0.2, -0.15) is 0 Å². The first-order chi connectivity index (χ1) is 10.4. The van der Waals surface area contributed by atoms with Crippen molar-refractivity contribution >= 4 is 10.0 Å². The summed E-state index contributed by atoms with van der Waals surface area (Å²) in [7, 11) is -3.21. The van der Waals surface area contributed by atoms with Gasteiger partial charge in [0.1, 0.15) is 11.5 Å². The maximum Gasteiger partial charge on any atom is 0.209 e. The molecule has 2 aliphatic heterocycles. The fourth-order valence-electron chi connectivity index (χ4n) is 3.53. The van der Waals surface area contributed by atoms with Crippen LogP contribution in [0, 0.1) is 11.8 Å². The third-order valence-corrected chi connectivity index (χ3v) is 5.25. The van der Waals surface area contributed by atoms with Crippen molar-refractivity contribution < 1.29 is 17.6 Å². The van der Waals surface area contributed by atoms with Crippen LogP contribution in [0.25, 0.3) is 0 Å². The second kappa shape index (κ2) is 6.31. The molecule has 2 fully saturated rings. The fourth-order valence-corrected chi connectivity index (χ4v) is 4.33. The average Bonchev–Trinajstić information content (AvgIpc) is 3.04. The first kappa shape index (κ1) is 16.0. The van der Waals surface area contributed by atoms with E-state index in [4.69, 9.17) is 9.15 Å². The quantitative estimate of drug-likeness (QED) is 0.867. The number of aryl methyl sites for hydroxylation is 1. The number of sulfonamides is 1. The number of ether oxygens (including phenoxy) is 1. The van der Waals surface area contributed by atoms with Gasteiger partial charge in [0.05, 0.1) is 26.0 Å². The van der Waals surface area contributed by atoms with Crippen molar-refractivity contribution in [2.24, 2.45) is 11.8 Å². The standard InChI is InChI=1S/C15H24N2O4S/c1-3-12-4-5-13(21-12)7-17-6-11-9-20-10-15(14(11)8-17)16-22(2,18)19/h4-5,11,14-16H,3,6-10H2,1-2H3/t11-,14-,15+/m1/s1. The predicted octanol–water partition coefficient (Wildman–Crippen LogP) is 0.838. The summed E-state index contributed by atoms with van der Waals surface area (Å²) in [6.07, 6.45) is 2.11. The van der Waals surface area contributed by atoms with Crippen LogP contribution in [0.15, 0.2) is 16.5 Å². The van der Waals surface area contributed by atoms with E-state index < -0.39 is 10.0 Å². The predicted molar refractivity (Wildman–Crippen MR) is 82.9 cm³/mol. The average molecular weight is 328 g/mol. The molecule has 0 aliphatic carbocycles. The summed E-state index contributed by atoms with van der Waals surface area (Å²) in [5, 5.41) is 0. The molecule has 2 aliphatic rings. The lowest BCUT2D eigenvalue weighted by molar-refractivity contribution is 0.0164. The van der Waals surface area contributed by atoms with Crippen LogP contribution in [0.4, 0.5) is 0 Å². The minimum absolute atomic E-state index is 0.124. The summed E-state index contributed by atoms with van der Waals surface area (Å²) in [4.78, 5) is 2.33. The summed E-state index contributed by atoms with van der Waals surface area (Å²) in [6, 6.07) is 3.93. The van der Waals surface area contributed by atoms with Gasteiger partial charge in [-0.05, 0) is 18.1 Å². The van der Waals surface area contributed by atoms with E-state index in [-0.39, 0.29) is 6.04 Å². The number of hydrogen-bond donors (Lipinski definition) is 1. The van der Waals surface area contributed by atoms with Crippen LogP contribution in [-0.4, -0.2) is 51.9 Å². The maximum absolute atomic E-state index is 11.5. The summed E-state index contributed by atoms with van der Waals surface area (Å²) in [5.74, 6) is 2.67. The molecular formula is C15H24N2O4S. The molecule has 2 saturated heterocycles. The van der Waals surface area contributed by atoms with Crippen LogP contribution in [-0.2, 0) is 27.7 Å². The van der Waals surface area contributed by atoms with Gasteiger partial charge in [-0.1, -0.05) is 6.92 Å². The Morgan fingerprint density at radius 3 is 2.73 bits per heavy atom. The molecule has 0 saturated carbocycles. The number of rotatable bonds is 5. The molecule has 6 nitrogen and oxygen atoms in total. The topological polar surface area (TPSA) is 71.8 Å². The number of hydrogen-bond acceptors (Lipinski definition) is 5. The molecule has 22 heavy (non-hydrogen) atoms. The van der Waals surface area contributed by atoms with Gasteiger partial charge >= 0.3 is 0 Å². The molecule has 0 bridgehead atoms. The summed E-state index contributed by atoms with van der Waals surface area (Å²) >= 11 is 0. The second-order valence-electron chi connectivity index (χ2n) is 6.37. The van der Waals surface area contributed by atoms with Crippen LogP contribution in [0.2, 0.25) is 0 Å². The van der Waals surface area contributed by atoms with Gasteiger partial charge < -0.3 is 9.15 Å². The highest BCUT2D eigenvalue weighted by atomic mass is 32.2. The van der Waals surface area contributed by atoms with Crippen molar-refractivity contribution in [1.82, 2.24) is 9.62 Å². The smallest absolute Gasteiger partial charge is 0.209 e. The molecular weight excluding hydrogens is 304 g/mol. The Balaban J connectivity index is 1.63. The fraction of sp³-hybridized carbons (Fsp3) is 0.733. The molecule has 1 N–H and O–H groups in total. The second-order valence-corrected chi connectivity index (χ2v) is 8.15. The van der Waals surface area contributed by atoms with Crippen LogP contribution in [0.1, 0.15) is 18.4 Å². The van der Waals surface area contributed by atoms with E-state index in [2.05, 4.69) is 16.5 Å². The summed E-state index contributed by atoms with van der Waals surface area (Å²) in [5.41, 5.74) is 0. The Labute approximate surface area is 131 Å². The van der Waals surface area contributed by atoms with Gasteiger partial charge in [-0.25, -0.2) is 13.1 Å². The number of likely N-dealkylation sites (tertiary alicyclic amines) is 1. The molecule has 3 heterocycles. The number of fused-ring (bicyclic) bond motifs is 1. The minimum atomic E-state index is -3.21. The molecule has 3 rings (SSSR count). The monoisotopic (exact) mass is 328 g/mol. The summed E-state index contributed by atoms with van der Waals surface area (Å²) in [6.45, 7) is 5.83. The Bertz CT molecular complexity index is 613. The lowest BCUT2D eigenvalue weighted by atomic mass is 9.88. The highest BCUT2D eigenvalue weighted by molar-refractivity contribution is 7.88. The Hall–Kier alpha value is -0.890. The zero-order chi connectivity index (χ0) is 15.7. The molecule has 0 amide bonds.